The number of hydrogen-bond donors (Lipinski definition) is 1. The van der Waals surface area contributed by atoms with E-state index in [1.165, 1.54) is 26.4 Å². The summed E-state index contributed by atoms with van der Waals surface area (Å²) in [6.45, 7) is 6.43. The predicted octanol–water partition coefficient (Wildman–Crippen LogP) is 3.99. The Labute approximate surface area is 119 Å². The number of rotatable bonds is 4. The molecule has 1 N–H and O–H groups in total. The van der Waals surface area contributed by atoms with E-state index in [1.54, 1.807) is 7.11 Å². The molecule has 1 aromatic carbocycles. The first-order valence-electron chi connectivity index (χ1n) is 6.45. The minimum Gasteiger partial charge on any atom is -0.496 e. The Balaban J connectivity index is 2.39. The zero-order valence-electron chi connectivity index (χ0n) is 12.2. The molecule has 0 radical (unpaired) electrons. The summed E-state index contributed by atoms with van der Waals surface area (Å²) in [7, 11) is 3.72. The average molecular weight is 275 g/mol. The van der Waals surface area contributed by atoms with Gasteiger partial charge in [-0.15, -0.1) is 11.3 Å². The van der Waals surface area contributed by atoms with Crippen LogP contribution in [-0.2, 0) is 0 Å². The van der Waals surface area contributed by atoms with E-state index in [2.05, 4.69) is 44.3 Å². The third-order valence-electron chi connectivity index (χ3n) is 3.51. The van der Waals surface area contributed by atoms with Crippen LogP contribution in [0.4, 0.5) is 0 Å². The summed E-state index contributed by atoms with van der Waals surface area (Å²) < 4.78 is 5.32. The van der Waals surface area contributed by atoms with Crippen LogP contribution in [0.25, 0.3) is 0 Å². The summed E-state index contributed by atoms with van der Waals surface area (Å²) in [6.07, 6.45) is 0. The zero-order valence-corrected chi connectivity index (χ0v) is 13.0. The van der Waals surface area contributed by atoms with Crippen LogP contribution in [0.1, 0.15) is 32.5 Å². The van der Waals surface area contributed by atoms with Crippen LogP contribution in [0.5, 0.6) is 5.75 Å². The van der Waals surface area contributed by atoms with Crippen LogP contribution in [0, 0.1) is 20.8 Å². The van der Waals surface area contributed by atoms with Gasteiger partial charge in [-0.1, -0.05) is 12.1 Å². The van der Waals surface area contributed by atoms with Crippen molar-refractivity contribution in [3.8, 4) is 5.75 Å². The van der Waals surface area contributed by atoms with E-state index >= 15 is 0 Å². The number of aryl methyl sites for hydroxylation is 3. The van der Waals surface area contributed by atoms with Crippen LogP contribution in [0.2, 0.25) is 0 Å². The first kappa shape index (κ1) is 14.1. The Hall–Kier alpha value is -1.32. The maximum atomic E-state index is 5.32. The molecule has 1 atom stereocenters. The largest absolute Gasteiger partial charge is 0.496 e. The number of benzene rings is 1. The molecule has 19 heavy (non-hydrogen) atoms. The standard InChI is InChI=1S/C16H21NOS/c1-10-9-15(19-12(10)3)16(17-4)13-6-7-14(18-5)11(2)8-13/h6-9,16-17H,1-5H3. The fourth-order valence-corrected chi connectivity index (χ4v) is 3.48. The van der Waals surface area contributed by atoms with Gasteiger partial charge in [0.25, 0.3) is 0 Å². The van der Waals surface area contributed by atoms with Crippen LogP contribution in [0.15, 0.2) is 24.3 Å². The van der Waals surface area contributed by atoms with Crippen molar-refractivity contribution in [1.29, 1.82) is 0 Å². The Morgan fingerprint density at radius 1 is 1.11 bits per heavy atom. The smallest absolute Gasteiger partial charge is 0.121 e. The second-order valence-corrected chi connectivity index (χ2v) is 6.13. The molecule has 0 aliphatic carbocycles. The predicted molar refractivity (Wildman–Crippen MR) is 82.4 cm³/mol. The van der Waals surface area contributed by atoms with E-state index in [1.807, 2.05) is 24.5 Å². The van der Waals surface area contributed by atoms with E-state index < -0.39 is 0 Å². The van der Waals surface area contributed by atoms with Gasteiger partial charge in [-0.2, -0.15) is 0 Å². The molecular formula is C16H21NOS. The SMILES string of the molecule is CNC(c1ccc(OC)c(C)c1)c1cc(C)c(C)s1. The first-order valence-corrected chi connectivity index (χ1v) is 7.27. The lowest BCUT2D eigenvalue weighted by Crippen LogP contribution is -2.16. The van der Waals surface area contributed by atoms with Crippen molar-refractivity contribution in [2.45, 2.75) is 26.8 Å². The average Bonchev–Trinajstić information content (AvgIpc) is 2.70. The number of thiophene rings is 1. The van der Waals surface area contributed by atoms with Crippen LogP contribution >= 0.6 is 11.3 Å². The second-order valence-electron chi connectivity index (χ2n) is 4.84. The van der Waals surface area contributed by atoms with Gasteiger partial charge in [0.05, 0.1) is 13.2 Å². The maximum absolute atomic E-state index is 5.32. The van der Waals surface area contributed by atoms with Gasteiger partial charge in [0.2, 0.25) is 0 Å². The van der Waals surface area contributed by atoms with Crippen LogP contribution in [-0.4, -0.2) is 14.2 Å². The fraction of sp³-hybridized carbons (Fsp3) is 0.375. The summed E-state index contributed by atoms with van der Waals surface area (Å²) in [6, 6.07) is 8.91. The van der Waals surface area contributed by atoms with E-state index in [9.17, 15) is 0 Å². The van der Waals surface area contributed by atoms with Crippen LogP contribution in [0.3, 0.4) is 0 Å². The highest BCUT2D eigenvalue weighted by atomic mass is 32.1. The molecule has 0 fully saturated rings. The van der Waals surface area contributed by atoms with Crippen molar-refractivity contribution in [2.75, 3.05) is 14.2 Å². The molecule has 2 aromatic rings. The topological polar surface area (TPSA) is 21.3 Å². The lowest BCUT2D eigenvalue weighted by molar-refractivity contribution is 0.411. The van der Waals surface area contributed by atoms with Gasteiger partial charge < -0.3 is 10.1 Å². The molecule has 1 unspecified atom stereocenters. The molecule has 2 nitrogen and oxygen atoms in total. The molecule has 0 saturated heterocycles. The van der Waals surface area contributed by atoms with Crippen molar-refractivity contribution >= 4 is 11.3 Å². The number of nitrogens with one attached hydrogen (secondary N) is 1. The number of methoxy groups -OCH3 is 1. The molecule has 0 saturated carbocycles. The summed E-state index contributed by atoms with van der Waals surface area (Å²) in [5, 5.41) is 3.41. The van der Waals surface area contributed by atoms with Crippen LogP contribution < -0.4 is 10.1 Å². The van der Waals surface area contributed by atoms with Crippen molar-refractivity contribution < 1.29 is 4.74 Å². The Morgan fingerprint density at radius 2 is 1.84 bits per heavy atom. The van der Waals surface area contributed by atoms with Gasteiger partial charge >= 0.3 is 0 Å². The minimum absolute atomic E-state index is 0.252. The van der Waals surface area contributed by atoms with E-state index in [0.717, 1.165) is 5.75 Å². The summed E-state index contributed by atoms with van der Waals surface area (Å²) >= 11 is 1.86. The second kappa shape index (κ2) is 5.76. The molecule has 2 rings (SSSR count). The highest BCUT2D eigenvalue weighted by Gasteiger charge is 2.16. The molecule has 102 valence electrons. The Morgan fingerprint density at radius 3 is 2.32 bits per heavy atom. The quantitative estimate of drug-likeness (QED) is 0.911. The molecule has 0 amide bonds. The van der Waals surface area contributed by atoms with Gasteiger partial charge in [0.1, 0.15) is 5.75 Å². The van der Waals surface area contributed by atoms with Crippen molar-refractivity contribution in [3.05, 3.63) is 50.7 Å². The molecule has 3 heteroatoms. The highest BCUT2D eigenvalue weighted by Crippen LogP contribution is 2.32. The van der Waals surface area contributed by atoms with Crippen molar-refractivity contribution in [2.24, 2.45) is 0 Å². The molecule has 1 heterocycles. The lowest BCUT2D eigenvalue weighted by atomic mass is 10.0. The Bertz CT molecular complexity index is 555. The Kier molecular flexibility index (Phi) is 4.27. The van der Waals surface area contributed by atoms with E-state index in [-0.39, 0.29) is 6.04 Å². The normalized spacial score (nSPS) is 12.5. The van der Waals surface area contributed by atoms with Gasteiger partial charge in [0, 0.05) is 9.75 Å². The van der Waals surface area contributed by atoms with E-state index in [0.29, 0.717) is 0 Å². The molecule has 1 aromatic heterocycles. The van der Waals surface area contributed by atoms with Crippen molar-refractivity contribution in [1.82, 2.24) is 5.32 Å². The maximum Gasteiger partial charge on any atom is 0.121 e. The van der Waals surface area contributed by atoms with Gasteiger partial charge in [0.15, 0.2) is 0 Å². The monoisotopic (exact) mass is 275 g/mol. The molecule has 0 bridgehead atoms. The van der Waals surface area contributed by atoms with Gasteiger partial charge in [-0.25, -0.2) is 0 Å². The molecule has 0 aliphatic heterocycles. The molecule has 0 aliphatic rings. The first-order chi connectivity index (χ1) is 9.06. The van der Waals surface area contributed by atoms with E-state index in [4.69, 9.17) is 4.74 Å². The summed E-state index contributed by atoms with van der Waals surface area (Å²) in [4.78, 5) is 2.75. The van der Waals surface area contributed by atoms with Crippen molar-refractivity contribution in [3.63, 3.8) is 0 Å². The summed E-state index contributed by atoms with van der Waals surface area (Å²) in [5.41, 5.74) is 3.82. The highest BCUT2D eigenvalue weighted by molar-refractivity contribution is 7.12. The molecular weight excluding hydrogens is 254 g/mol. The molecule has 0 spiro atoms. The fourth-order valence-electron chi connectivity index (χ4n) is 2.30. The van der Waals surface area contributed by atoms with Gasteiger partial charge in [-0.05, 0) is 56.6 Å². The third kappa shape index (κ3) is 2.82. The lowest BCUT2D eigenvalue weighted by Gasteiger charge is -2.16. The zero-order chi connectivity index (χ0) is 14.0. The number of hydrogen-bond acceptors (Lipinski definition) is 3. The minimum atomic E-state index is 0.252. The third-order valence-corrected chi connectivity index (χ3v) is 4.73. The summed E-state index contributed by atoms with van der Waals surface area (Å²) in [5.74, 6) is 0.942. The number of ether oxygens (including phenoxy) is 1. The van der Waals surface area contributed by atoms with Gasteiger partial charge in [-0.3, -0.25) is 0 Å².